The summed E-state index contributed by atoms with van der Waals surface area (Å²) in [7, 11) is 3.49. The predicted molar refractivity (Wildman–Crippen MR) is 73.9 cm³/mol. The monoisotopic (exact) mass is 299 g/mol. The standard InChI is InChI=1S/C12H18BrN3O/c1-16(2)12(17)7-11(8-14)15-10-5-3-4-9(13)6-10/h3-6,11,15H,7-8,14H2,1-2H3. The van der Waals surface area contributed by atoms with Crippen LogP contribution < -0.4 is 11.1 Å². The highest BCUT2D eigenvalue weighted by atomic mass is 79.9. The van der Waals surface area contributed by atoms with Gasteiger partial charge in [-0.25, -0.2) is 0 Å². The van der Waals surface area contributed by atoms with Crippen LogP contribution in [0.5, 0.6) is 0 Å². The lowest BCUT2D eigenvalue weighted by Crippen LogP contribution is -2.35. The third kappa shape index (κ3) is 4.75. The second-order valence-electron chi connectivity index (χ2n) is 4.08. The van der Waals surface area contributed by atoms with E-state index >= 15 is 0 Å². The quantitative estimate of drug-likeness (QED) is 0.869. The average Bonchev–Trinajstić information content (AvgIpc) is 2.27. The third-order valence-corrected chi connectivity index (χ3v) is 2.89. The van der Waals surface area contributed by atoms with Gasteiger partial charge < -0.3 is 16.0 Å². The second kappa shape index (κ2) is 6.61. The minimum atomic E-state index is -0.0424. The number of anilines is 1. The van der Waals surface area contributed by atoms with E-state index in [1.54, 1.807) is 19.0 Å². The molecule has 0 saturated heterocycles. The number of nitrogens with one attached hydrogen (secondary N) is 1. The summed E-state index contributed by atoms with van der Waals surface area (Å²) >= 11 is 3.40. The molecule has 0 saturated carbocycles. The molecular weight excluding hydrogens is 282 g/mol. The number of carbonyl (C=O) groups excluding carboxylic acids is 1. The van der Waals surface area contributed by atoms with E-state index < -0.39 is 0 Å². The zero-order chi connectivity index (χ0) is 12.8. The van der Waals surface area contributed by atoms with E-state index in [0.717, 1.165) is 10.2 Å². The molecule has 0 aliphatic heterocycles. The fraction of sp³-hybridized carbons (Fsp3) is 0.417. The van der Waals surface area contributed by atoms with E-state index in [0.29, 0.717) is 13.0 Å². The van der Waals surface area contributed by atoms with Crippen LogP contribution >= 0.6 is 15.9 Å². The minimum absolute atomic E-state index is 0.0424. The minimum Gasteiger partial charge on any atom is -0.380 e. The average molecular weight is 300 g/mol. The van der Waals surface area contributed by atoms with Crippen LogP contribution in [0.4, 0.5) is 5.69 Å². The largest absolute Gasteiger partial charge is 0.380 e. The molecule has 0 aromatic heterocycles. The molecule has 1 aromatic carbocycles. The van der Waals surface area contributed by atoms with Crippen LogP contribution in [-0.2, 0) is 4.79 Å². The lowest BCUT2D eigenvalue weighted by Gasteiger charge is -2.20. The summed E-state index contributed by atoms with van der Waals surface area (Å²) in [5, 5.41) is 3.25. The summed E-state index contributed by atoms with van der Waals surface area (Å²) in [6, 6.07) is 7.76. The van der Waals surface area contributed by atoms with Crippen molar-refractivity contribution in [3.05, 3.63) is 28.7 Å². The van der Waals surface area contributed by atoms with Crippen LogP contribution in [0.25, 0.3) is 0 Å². The first-order valence-electron chi connectivity index (χ1n) is 5.45. The van der Waals surface area contributed by atoms with Crippen LogP contribution in [0.15, 0.2) is 28.7 Å². The van der Waals surface area contributed by atoms with Crippen LogP contribution in [-0.4, -0.2) is 37.5 Å². The Morgan fingerprint density at radius 3 is 2.76 bits per heavy atom. The molecule has 0 heterocycles. The van der Waals surface area contributed by atoms with E-state index in [-0.39, 0.29) is 11.9 Å². The van der Waals surface area contributed by atoms with Gasteiger partial charge in [-0.15, -0.1) is 0 Å². The van der Waals surface area contributed by atoms with Crippen molar-refractivity contribution in [3.63, 3.8) is 0 Å². The normalized spacial score (nSPS) is 12.0. The van der Waals surface area contributed by atoms with E-state index in [1.807, 2.05) is 24.3 Å². The van der Waals surface area contributed by atoms with Crippen molar-refractivity contribution in [2.24, 2.45) is 5.73 Å². The molecule has 5 heteroatoms. The molecule has 1 atom stereocenters. The van der Waals surface area contributed by atoms with Gasteiger partial charge in [0.15, 0.2) is 0 Å². The van der Waals surface area contributed by atoms with Gasteiger partial charge in [-0.2, -0.15) is 0 Å². The highest BCUT2D eigenvalue weighted by Gasteiger charge is 2.13. The Balaban J connectivity index is 2.61. The summed E-state index contributed by atoms with van der Waals surface area (Å²) in [6.45, 7) is 0.423. The predicted octanol–water partition coefficient (Wildman–Crippen LogP) is 1.67. The van der Waals surface area contributed by atoms with Crippen molar-refractivity contribution in [2.45, 2.75) is 12.5 Å². The third-order valence-electron chi connectivity index (χ3n) is 2.40. The molecule has 1 unspecified atom stereocenters. The molecule has 0 aliphatic carbocycles. The molecule has 0 aliphatic rings. The van der Waals surface area contributed by atoms with Crippen molar-refractivity contribution < 1.29 is 4.79 Å². The van der Waals surface area contributed by atoms with Crippen LogP contribution in [0.3, 0.4) is 0 Å². The number of hydrogen-bond acceptors (Lipinski definition) is 3. The Kier molecular flexibility index (Phi) is 5.44. The molecular formula is C12H18BrN3O. The number of amides is 1. The number of hydrogen-bond donors (Lipinski definition) is 2. The summed E-state index contributed by atoms with van der Waals surface area (Å²) in [6.07, 6.45) is 0.399. The van der Waals surface area contributed by atoms with E-state index in [9.17, 15) is 4.79 Å². The van der Waals surface area contributed by atoms with Crippen molar-refractivity contribution in [1.29, 1.82) is 0 Å². The fourth-order valence-corrected chi connectivity index (χ4v) is 1.80. The highest BCUT2D eigenvalue weighted by molar-refractivity contribution is 9.10. The Hall–Kier alpha value is -1.07. The summed E-state index contributed by atoms with van der Waals surface area (Å²) in [5.41, 5.74) is 6.62. The van der Waals surface area contributed by atoms with Crippen molar-refractivity contribution in [3.8, 4) is 0 Å². The first-order chi connectivity index (χ1) is 8.02. The topological polar surface area (TPSA) is 58.4 Å². The number of carbonyl (C=O) groups is 1. The molecule has 0 spiro atoms. The van der Waals surface area contributed by atoms with E-state index in [1.165, 1.54) is 0 Å². The lowest BCUT2D eigenvalue weighted by molar-refractivity contribution is -0.128. The smallest absolute Gasteiger partial charge is 0.224 e. The van der Waals surface area contributed by atoms with Crippen LogP contribution in [0, 0.1) is 0 Å². The number of nitrogens with two attached hydrogens (primary N) is 1. The van der Waals surface area contributed by atoms with Gasteiger partial charge in [-0.05, 0) is 18.2 Å². The van der Waals surface area contributed by atoms with Crippen LogP contribution in [0.2, 0.25) is 0 Å². The Bertz CT molecular complexity index is 382. The van der Waals surface area contributed by atoms with Gasteiger partial charge in [0.25, 0.3) is 0 Å². The number of benzene rings is 1. The molecule has 0 radical (unpaired) electrons. The maximum atomic E-state index is 11.6. The van der Waals surface area contributed by atoms with Gasteiger partial charge in [0.05, 0.1) is 0 Å². The maximum absolute atomic E-state index is 11.6. The van der Waals surface area contributed by atoms with Gasteiger partial charge in [0.2, 0.25) is 5.91 Å². The maximum Gasteiger partial charge on any atom is 0.224 e. The van der Waals surface area contributed by atoms with Gasteiger partial charge in [0, 0.05) is 43.3 Å². The van der Waals surface area contributed by atoms with Crippen molar-refractivity contribution >= 4 is 27.5 Å². The SMILES string of the molecule is CN(C)C(=O)CC(CN)Nc1cccc(Br)c1. The molecule has 1 rings (SSSR count). The lowest BCUT2D eigenvalue weighted by atomic mass is 10.1. The first kappa shape index (κ1) is 14.0. The molecule has 4 nitrogen and oxygen atoms in total. The van der Waals surface area contributed by atoms with E-state index in [4.69, 9.17) is 5.73 Å². The number of rotatable bonds is 5. The molecule has 17 heavy (non-hydrogen) atoms. The molecule has 0 bridgehead atoms. The Morgan fingerprint density at radius 1 is 1.53 bits per heavy atom. The van der Waals surface area contributed by atoms with Crippen molar-refractivity contribution in [1.82, 2.24) is 4.90 Å². The van der Waals surface area contributed by atoms with E-state index in [2.05, 4.69) is 21.2 Å². The number of nitrogens with zero attached hydrogens (tertiary/aromatic N) is 1. The molecule has 94 valence electrons. The molecule has 3 N–H and O–H groups in total. The van der Waals surface area contributed by atoms with Gasteiger partial charge in [-0.3, -0.25) is 4.79 Å². The molecule has 0 fully saturated rings. The fourth-order valence-electron chi connectivity index (χ4n) is 1.40. The summed E-state index contributed by atoms with van der Waals surface area (Å²) in [5.74, 6) is 0.0722. The zero-order valence-electron chi connectivity index (χ0n) is 10.1. The second-order valence-corrected chi connectivity index (χ2v) is 5.00. The number of halogens is 1. The first-order valence-corrected chi connectivity index (χ1v) is 6.24. The summed E-state index contributed by atoms with van der Waals surface area (Å²) in [4.78, 5) is 13.2. The van der Waals surface area contributed by atoms with Gasteiger partial charge in [-0.1, -0.05) is 22.0 Å². The van der Waals surface area contributed by atoms with Gasteiger partial charge >= 0.3 is 0 Å². The van der Waals surface area contributed by atoms with Gasteiger partial charge in [0.1, 0.15) is 0 Å². The zero-order valence-corrected chi connectivity index (χ0v) is 11.7. The Morgan fingerprint density at radius 2 is 2.24 bits per heavy atom. The highest BCUT2D eigenvalue weighted by Crippen LogP contribution is 2.16. The molecule has 1 amide bonds. The van der Waals surface area contributed by atoms with Crippen molar-refractivity contribution in [2.75, 3.05) is 26.0 Å². The molecule has 1 aromatic rings. The summed E-state index contributed by atoms with van der Waals surface area (Å²) < 4.78 is 0.997. The van der Waals surface area contributed by atoms with Crippen LogP contribution in [0.1, 0.15) is 6.42 Å². The Labute approximate surface area is 110 Å².